The molecule has 0 saturated heterocycles. The molecule has 9 heteroatoms. The van der Waals surface area contributed by atoms with Gasteiger partial charge in [-0.05, 0) is 50.2 Å². The summed E-state index contributed by atoms with van der Waals surface area (Å²) in [4.78, 5) is 23.9. The summed E-state index contributed by atoms with van der Waals surface area (Å²) in [6.45, 7) is 4.14. The number of aryl methyl sites for hydroxylation is 1. The predicted octanol–water partition coefficient (Wildman–Crippen LogP) is 1.52. The van der Waals surface area contributed by atoms with Crippen LogP contribution < -0.4 is 20.3 Å². The molecule has 0 spiro atoms. The van der Waals surface area contributed by atoms with Crippen LogP contribution in [0.3, 0.4) is 0 Å². The van der Waals surface area contributed by atoms with Gasteiger partial charge in [0.25, 0.3) is 5.91 Å². The van der Waals surface area contributed by atoms with E-state index in [1.54, 1.807) is 36.4 Å². The first kappa shape index (κ1) is 21.4. The van der Waals surface area contributed by atoms with Crippen molar-refractivity contribution in [2.24, 2.45) is 0 Å². The second kappa shape index (κ2) is 9.86. The molecule has 0 fully saturated rings. The topological polar surface area (TPSA) is 114 Å². The zero-order chi connectivity index (χ0) is 20.6. The van der Waals surface area contributed by atoms with E-state index in [-0.39, 0.29) is 17.9 Å². The molecular formula is C19H23N3O5S. The van der Waals surface area contributed by atoms with Crippen LogP contribution >= 0.6 is 0 Å². The SMILES string of the molecule is CCOc1ccc(C(=O)NNC(=O)CCNS(=O)(=O)c2ccc(C)cc2)cc1. The molecule has 0 aliphatic carbocycles. The molecular weight excluding hydrogens is 382 g/mol. The fourth-order valence-electron chi connectivity index (χ4n) is 2.23. The lowest BCUT2D eigenvalue weighted by Crippen LogP contribution is -2.42. The molecule has 0 bridgehead atoms. The molecule has 0 aromatic heterocycles. The number of carbonyl (C=O) groups excluding carboxylic acids is 2. The number of carbonyl (C=O) groups is 2. The van der Waals surface area contributed by atoms with Gasteiger partial charge in [0.05, 0.1) is 11.5 Å². The van der Waals surface area contributed by atoms with Crippen LogP contribution in [0.4, 0.5) is 0 Å². The molecule has 8 nitrogen and oxygen atoms in total. The summed E-state index contributed by atoms with van der Waals surface area (Å²) in [5.41, 5.74) is 5.83. The van der Waals surface area contributed by atoms with Crippen molar-refractivity contribution in [3.8, 4) is 5.75 Å². The van der Waals surface area contributed by atoms with Crippen molar-refractivity contribution >= 4 is 21.8 Å². The van der Waals surface area contributed by atoms with Crippen LogP contribution in [0.2, 0.25) is 0 Å². The Labute approximate surface area is 164 Å². The zero-order valence-corrected chi connectivity index (χ0v) is 16.5. The second-order valence-electron chi connectivity index (χ2n) is 5.92. The van der Waals surface area contributed by atoms with Crippen LogP contribution in [0, 0.1) is 6.92 Å². The van der Waals surface area contributed by atoms with Crippen molar-refractivity contribution in [2.45, 2.75) is 25.2 Å². The highest BCUT2D eigenvalue weighted by Gasteiger charge is 2.14. The Hall–Kier alpha value is -2.91. The average molecular weight is 405 g/mol. The minimum atomic E-state index is -3.69. The monoisotopic (exact) mass is 405 g/mol. The van der Waals surface area contributed by atoms with E-state index in [9.17, 15) is 18.0 Å². The molecule has 3 N–H and O–H groups in total. The lowest BCUT2D eigenvalue weighted by atomic mass is 10.2. The Morgan fingerprint density at radius 1 is 0.964 bits per heavy atom. The van der Waals surface area contributed by atoms with Crippen LogP contribution in [0.25, 0.3) is 0 Å². The van der Waals surface area contributed by atoms with Crippen LogP contribution in [0.15, 0.2) is 53.4 Å². The number of nitrogens with one attached hydrogen (secondary N) is 3. The number of amides is 2. The van der Waals surface area contributed by atoms with Gasteiger partial charge in [-0.15, -0.1) is 0 Å². The van der Waals surface area contributed by atoms with Gasteiger partial charge in [-0.2, -0.15) is 0 Å². The summed E-state index contributed by atoms with van der Waals surface area (Å²) in [5.74, 6) is -0.369. The molecule has 2 rings (SSSR count). The second-order valence-corrected chi connectivity index (χ2v) is 7.69. The Kier molecular flexibility index (Phi) is 7.53. The minimum Gasteiger partial charge on any atom is -0.494 e. The van der Waals surface area contributed by atoms with Gasteiger partial charge < -0.3 is 4.74 Å². The Morgan fingerprint density at radius 3 is 2.21 bits per heavy atom. The summed E-state index contributed by atoms with van der Waals surface area (Å²) in [7, 11) is -3.69. The summed E-state index contributed by atoms with van der Waals surface area (Å²) < 4.78 is 31.9. The molecule has 0 saturated carbocycles. The maximum Gasteiger partial charge on any atom is 0.269 e. The van der Waals surface area contributed by atoms with E-state index in [1.807, 2.05) is 13.8 Å². The largest absolute Gasteiger partial charge is 0.494 e. The molecule has 0 unspecified atom stereocenters. The van der Waals surface area contributed by atoms with Crippen molar-refractivity contribution in [3.63, 3.8) is 0 Å². The number of rotatable bonds is 8. The van der Waals surface area contributed by atoms with Crippen LogP contribution in [0.5, 0.6) is 5.75 Å². The van der Waals surface area contributed by atoms with Crippen LogP contribution in [0.1, 0.15) is 29.3 Å². The minimum absolute atomic E-state index is 0.0963. The maximum atomic E-state index is 12.1. The van der Waals surface area contributed by atoms with Crippen molar-refractivity contribution < 1.29 is 22.7 Å². The molecule has 0 radical (unpaired) electrons. The van der Waals surface area contributed by atoms with Gasteiger partial charge in [-0.3, -0.25) is 20.4 Å². The number of benzene rings is 2. The van der Waals surface area contributed by atoms with E-state index >= 15 is 0 Å². The number of ether oxygens (including phenoxy) is 1. The van der Waals surface area contributed by atoms with Gasteiger partial charge in [0.15, 0.2) is 0 Å². The highest BCUT2D eigenvalue weighted by atomic mass is 32.2. The van der Waals surface area contributed by atoms with Gasteiger partial charge >= 0.3 is 0 Å². The zero-order valence-electron chi connectivity index (χ0n) is 15.7. The Bertz CT molecular complexity index is 910. The molecule has 2 amide bonds. The summed E-state index contributed by atoms with van der Waals surface area (Å²) in [6, 6.07) is 12.8. The average Bonchev–Trinajstić information content (AvgIpc) is 2.67. The molecule has 2 aromatic rings. The molecule has 0 atom stereocenters. The first-order valence-electron chi connectivity index (χ1n) is 8.70. The van der Waals surface area contributed by atoms with Crippen molar-refractivity contribution in [1.29, 1.82) is 0 Å². The fourth-order valence-corrected chi connectivity index (χ4v) is 3.26. The Balaban J connectivity index is 1.76. The van der Waals surface area contributed by atoms with E-state index in [1.165, 1.54) is 12.1 Å². The first-order chi connectivity index (χ1) is 13.3. The van der Waals surface area contributed by atoms with Gasteiger partial charge in [-0.1, -0.05) is 17.7 Å². The first-order valence-corrected chi connectivity index (χ1v) is 10.2. The Morgan fingerprint density at radius 2 is 1.61 bits per heavy atom. The number of hydrazine groups is 1. The maximum absolute atomic E-state index is 12.1. The molecule has 2 aromatic carbocycles. The van der Waals surface area contributed by atoms with E-state index in [4.69, 9.17) is 4.74 Å². The van der Waals surface area contributed by atoms with E-state index < -0.39 is 21.8 Å². The molecule has 150 valence electrons. The predicted molar refractivity (Wildman–Crippen MR) is 104 cm³/mol. The number of hydrogen-bond acceptors (Lipinski definition) is 5. The molecule has 28 heavy (non-hydrogen) atoms. The van der Waals surface area contributed by atoms with E-state index in [0.29, 0.717) is 17.9 Å². The molecule has 0 aliphatic heterocycles. The van der Waals surface area contributed by atoms with E-state index in [2.05, 4.69) is 15.6 Å². The normalized spacial score (nSPS) is 10.9. The third-order valence-electron chi connectivity index (χ3n) is 3.72. The number of hydrogen-bond donors (Lipinski definition) is 3. The summed E-state index contributed by atoms with van der Waals surface area (Å²) in [6.07, 6.45) is -0.130. The van der Waals surface area contributed by atoms with Crippen LogP contribution in [-0.2, 0) is 14.8 Å². The third-order valence-corrected chi connectivity index (χ3v) is 5.20. The lowest BCUT2D eigenvalue weighted by Gasteiger charge is -2.09. The van der Waals surface area contributed by atoms with Gasteiger partial charge in [0.2, 0.25) is 15.9 Å². The van der Waals surface area contributed by atoms with Gasteiger partial charge in [0.1, 0.15) is 5.75 Å². The smallest absolute Gasteiger partial charge is 0.269 e. The van der Waals surface area contributed by atoms with Crippen molar-refractivity contribution in [3.05, 3.63) is 59.7 Å². The lowest BCUT2D eigenvalue weighted by molar-refractivity contribution is -0.121. The van der Waals surface area contributed by atoms with Crippen molar-refractivity contribution in [2.75, 3.05) is 13.2 Å². The number of sulfonamides is 1. The molecule has 0 heterocycles. The standard InChI is InChI=1S/C19H23N3O5S/c1-3-27-16-8-6-15(7-9-16)19(24)22-21-18(23)12-13-20-28(25,26)17-10-4-14(2)5-11-17/h4-11,20H,3,12-13H2,1-2H3,(H,21,23)(H,22,24). The molecule has 0 aliphatic rings. The van der Waals surface area contributed by atoms with Crippen molar-refractivity contribution in [1.82, 2.24) is 15.6 Å². The van der Waals surface area contributed by atoms with Crippen LogP contribution in [-0.4, -0.2) is 33.4 Å². The van der Waals surface area contributed by atoms with Gasteiger partial charge in [0, 0.05) is 18.5 Å². The van der Waals surface area contributed by atoms with Gasteiger partial charge in [-0.25, -0.2) is 13.1 Å². The fraction of sp³-hybridized carbons (Fsp3) is 0.263. The highest BCUT2D eigenvalue weighted by Crippen LogP contribution is 2.12. The van der Waals surface area contributed by atoms with E-state index in [0.717, 1.165) is 5.56 Å². The summed E-state index contributed by atoms with van der Waals surface area (Å²) in [5, 5.41) is 0. The highest BCUT2D eigenvalue weighted by molar-refractivity contribution is 7.89. The summed E-state index contributed by atoms with van der Waals surface area (Å²) >= 11 is 0. The quantitative estimate of drug-likeness (QED) is 0.576. The third kappa shape index (κ3) is 6.36.